The Morgan fingerprint density at radius 3 is 3.05 bits per heavy atom. The van der Waals surface area contributed by atoms with Gasteiger partial charge >= 0.3 is 0 Å². The van der Waals surface area contributed by atoms with E-state index in [1.54, 1.807) is 34.5 Å². The van der Waals surface area contributed by atoms with Gasteiger partial charge < -0.3 is 4.42 Å². The number of hydrogen-bond acceptors (Lipinski definition) is 6. The highest BCUT2D eigenvalue weighted by molar-refractivity contribution is 8.00. The number of halogens is 1. The third-order valence-electron chi connectivity index (χ3n) is 2.77. The highest BCUT2D eigenvalue weighted by Crippen LogP contribution is 2.28. The van der Waals surface area contributed by atoms with E-state index in [1.165, 1.54) is 11.3 Å². The van der Waals surface area contributed by atoms with Gasteiger partial charge in [0, 0.05) is 5.02 Å². The van der Waals surface area contributed by atoms with Crippen molar-refractivity contribution in [2.24, 2.45) is 0 Å². The lowest BCUT2D eigenvalue weighted by atomic mass is 10.3. The maximum atomic E-state index is 5.94. The van der Waals surface area contributed by atoms with Gasteiger partial charge in [-0.1, -0.05) is 34.7 Å². The molecule has 0 bridgehead atoms. The van der Waals surface area contributed by atoms with E-state index in [0.29, 0.717) is 22.2 Å². The van der Waals surface area contributed by atoms with Gasteiger partial charge in [-0.15, -0.1) is 5.10 Å². The maximum absolute atomic E-state index is 5.94. The molecule has 0 aliphatic rings. The quantitative estimate of drug-likeness (QED) is 0.523. The Hall–Kier alpha value is -1.57. The minimum atomic E-state index is 0.477. The summed E-state index contributed by atoms with van der Waals surface area (Å²) in [6.07, 6.45) is 3.81. The molecule has 1 aromatic carbocycles. The molecule has 0 fully saturated rings. The zero-order valence-corrected chi connectivity index (χ0v) is 12.6. The highest BCUT2D eigenvalue weighted by Gasteiger charge is 2.14. The molecule has 0 amide bonds. The molecule has 4 rings (SSSR count). The summed E-state index contributed by atoms with van der Waals surface area (Å²) in [6.45, 7) is 0. The molecule has 100 valence electrons. The number of rotatable bonds is 2. The van der Waals surface area contributed by atoms with Crippen LogP contribution in [0.2, 0.25) is 5.02 Å². The molecule has 0 spiro atoms. The minimum absolute atomic E-state index is 0.477. The molecular formula is C12H7ClN4OS2. The molecule has 0 saturated carbocycles. The number of thioether (sulfide) groups is 1. The molecule has 8 heteroatoms. The summed E-state index contributed by atoms with van der Waals surface area (Å²) in [5.41, 5.74) is 2.09. The summed E-state index contributed by atoms with van der Waals surface area (Å²) in [5.74, 6) is 0.477. The number of fused-ring (bicyclic) bond motifs is 2. The van der Waals surface area contributed by atoms with Crippen LogP contribution in [0.3, 0.4) is 0 Å². The second-order valence-corrected chi connectivity index (χ2v) is 6.50. The van der Waals surface area contributed by atoms with Gasteiger partial charge in [-0.3, -0.25) is 0 Å². The van der Waals surface area contributed by atoms with E-state index < -0.39 is 0 Å². The van der Waals surface area contributed by atoms with Crippen molar-refractivity contribution in [2.75, 3.05) is 6.26 Å². The molecule has 5 nitrogen and oxygen atoms in total. The van der Waals surface area contributed by atoms with Crippen molar-refractivity contribution in [1.29, 1.82) is 0 Å². The summed E-state index contributed by atoms with van der Waals surface area (Å²) in [7, 11) is 0. The van der Waals surface area contributed by atoms with Crippen LogP contribution < -0.4 is 0 Å². The van der Waals surface area contributed by atoms with E-state index in [2.05, 4.69) is 15.1 Å². The van der Waals surface area contributed by atoms with Crippen molar-refractivity contribution in [2.45, 2.75) is 4.34 Å². The number of oxazole rings is 1. The van der Waals surface area contributed by atoms with Crippen LogP contribution in [0.4, 0.5) is 0 Å². The van der Waals surface area contributed by atoms with Crippen molar-refractivity contribution in [3.05, 3.63) is 29.4 Å². The first-order valence-corrected chi connectivity index (χ1v) is 8.11. The highest BCUT2D eigenvalue weighted by atomic mass is 35.5. The Balaban J connectivity index is 1.84. The Morgan fingerprint density at radius 1 is 1.35 bits per heavy atom. The van der Waals surface area contributed by atoms with Crippen LogP contribution in [0.5, 0.6) is 0 Å². The molecule has 0 N–H and O–H groups in total. The molecule has 0 unspecified atom stereocenters. The first-order valence-electron chi connectivity index (χ1n) is 5.69. The molecular weight excluding hydrogens is 316 g/mol. The van der Waals surface area contributed by atoms with Crippen molar-refractivity contribution in [3.8, 4) is 11.6 Å². The van der Waals surface area contributed by atoms with Gasteiger partial charge in [-0.2, -0.15) is 0 Å². The van der Waals surface area contributed by atoms with Gasteiger partial charge in [0.05, 0.1) is 6.20 Å². The Kier molecular flexibility index (Phi) is 2.73. The van der Waals surface area contributed by atoms with Crippen LogP contribution in [0.1, 0.15) is 0 Å². The van der Waals surface area contributed by atoms with E-state index in [9.17, 15) is 0 Å². The smallest absolute Gasteiger partial charge is 0.247 e. The van der Waals surface area contributed by atoms with Gasteiger partial charge in [0.2, 0.25) is 10.9 Å². The number of aromatic nitrogens is 4. The predicted octanol–water partition coefficient (Wildman–Crippen LogP) is 3.97. The van der Waals surface area contributed by atoms with Crippen LogP contribution in [0.15, 0.2) is 33.2 Å². The first kappa shape index (κ1) is 12.2. The second kappa shape index (κ2) is 4.47. The molecule has 0 saturated heterocycles. The van der Waals surface area contributed by atoms with Gasteiger partial charge in [0.15, 0.2) is 9.92 Å². The van der Waals surface area contributed by atoms with E-state index in [-0.39, 0.29) is 0 Å². The van der Waals surface area contributed by atoms with E-state index in [1.807, 2.05) is 12.5 Å². The molecule has 3 heterocycles. The Labute approximate surface area is 126 Å². The molecule has 3 aromatic heterocycles. The zero-order valence-electron chi connectivity index (χ0n) is 10.2. The fraction of sp³-hybridized carbons (Fsp3) is 0.0833. The minimum Gasteiger partial charge on any atom is -0.435 e. The third-order valence-corrected chi connectivity index (χ3v) is 4.90. The van der Waals surface area contributed by atoms with Crippen molar-refractivity contribution in [1.82, 2.24) is 19.6 Å². The van der Waals surface area contributed by atoms with E-state index in [4.69, 9.17) is 16.0 Å². The SMILES string of the molecule is CSc1nn2cc(-c3nc4cc(Cl)ccc4o3)nc2s1. The lowest BCUT2D eigenvalue weighted by Gasteiger charge is -1.86. The Morgan fingerprint density at radius 2 is 2.25 bits per heavy atom. The average Bonchev–Trinajstić information content (AvgIpc) is 3.08. The molecule has 0 aliphatic heterocycles. The topological polar surface area (TPSA) is 56.2 Å². The van der Waals surface area contributed by atoms with Crippen LogP contribution in [-0.2, 0) is 0 Å². The zero-order chi connectivity index (χ0) is 13.7. The normalized spacial score (nSPS) is 11.7. The fourth-order valence-electron chi connectivity index (χ4n) is 1.88. The van der Waals surface area contributed by atoms with Crippen LogP contribution in [0.25, 0.3) is 27.6 Å². The molecule has 4 aromatic rings. The third kappa shape index (κ3) is 1.90. The summed E-state index contributed by atoms with van der Waals surface area (Å²) < 4.78 is 8.41. The van der Waals surface area contributed by atoms with Crippen LogP contribution in [0, 0.1) is 0 Å². The van der Waals surface area contributed by atoms with E-state index >= 15 is 0 Å². The van der Waals surface area contributed by atoms with Crippen LogP contribution in [-0.4, -0.2) is 25.8 Å². The maximum Gasteiger partial charge on any atom is 0.247 e. The summed E-state index contributed by atoms with van der Waals surface area (Å²) >= 11 is 9.08. The van der Waals surface area contributed by atoms with Gasteiger partial charge in [0.25, 0.3) is 0 Å². The monoisotopic (exact) mass is 322 g/mol. The largest absolute Gasteiger partial charge is 0.435 e. The number of nitrogens with zero attached hydrogens (tertiary/aromatic N) is 4. The fourth-order valence-corrected chi connectivity index (χ4v) is 3.39. The molecule has 0 atom stereocenters. The van der Waals surface area contributed by atoms with Crippen LogP contribution >= 0.6 is 34.7 Å². The standard InChI is InChI=1S/C12H7ClN4OS2/c1-19-12-16-17-5-8(15-11(17)20-12)10-14-7-4-6(13)2-3-9(7)18-10/h2-5H,1H3. The average molecular weight is 323 g/mol. The first-order chi connectivity index (χ1) is 9.72. The lowest BCUT2D eigenvalue weighted by molar-refractivity contribution is 0.617. The van der Waals surface area contributed by atoms with Gasteiger partial charge in [0.1, 0.15) is 11.2 Å². The summed E-state index contributed by atoms with van der Waals surface area (Å²) in [5, 5.41) is 5.02. The van der Waals surface area contributed by atoms with Crippen molar-refractivity contribution in [3.63, 3.8) is 0 Å². The lowest BCUT2D eigenvalue weighted by Crippen LogP contribution is -1.79. The molecule has 0 aliphatic carbocycles. The van der Waals surface area contributed by atoms with Crippen molar-refractivity contribution < 1.29 is 4.42 Å². The molecule has 0 radical (unpaired) electrons. The number of benzene rings is 1. The van der Waals surface area contributed by atoms with Gasteiger partial charge in [-0.25, -0.2) is 14.5 Å². The number of hydrogen-bond donors (Lipinski definition) is 0. The van der Waals surface area contributed by atoms with Crippen molar-refractivity contribution >= 4 is 50.8 Å². The summed E-state index contributed by atoms with van der Waals surface area (Å²) in [6, 6.07) is 5.35. The molecule has 20 heavy (non-hydrogen) atoms. The summed E-state index contributed by atoms with van der Waals surface area (Å²) in [4.78, 5) is 9.72. The van der Waals surface area contributed by atoms with E-state index in [0.717, 1.165) is 14.8 Å². The second-order valence-electron chi connectivity index (χ2n) is 4.06. The van der Waals surface area contributed by atoms with Gasteiger partial charge in [-0.05, 0) is 24.5 Å². The Bertz CT molecular complexity index is 895. The predicted molar refractivity (Wildman–Crippen MR) is 80.7 cm³/mol. The number of imidazole rings is 1.